The summed E-state index contributed by atoms with van der Waals surface area (Å²) in [7, 11) is 2.04. The predicted molar refractivity (Wildman–Crippen MR) is 99.4 cm³/mol. The molecule has 2 aliphatic heterocycles. The number of rotatable bonds is 2. The van der Waals surface area contributed by atoms with Crippen molar-refractivity contribution in [1.82, 2.24) is 15.2 Å². The lowest BCUT2D eigenvalue weighted by molar-refractivity contribution is -0.137. The molecule has 148 valence electrons. The number of likely N-dealkylation sites (tertiary alicyclic amines) is 1. The topological polar surface area (TPSA) is 45.2 Å². The largest absolute Gasteiger partial charge is 0.416 e. The van der Waals surface area contributed by atoms with Crippen LogP contribution in [0.25, 0.3) is 11.1 Å². The Labute approximate surface area is 161 Å². The van der Waals surface area contributed by atoms with E-state index in [1.54, 1.807) is 6.20 Å². The zero-order valence-electron chi connectivity index (χ0n) is 15.6. The molecule has 1 aromatic carbocycles. The molecular formula is C21H22F3N3O. The van der Waals surface area contributed by atoms with Gasteiger partial charge in [0.1, 0.15) is 0 Å². The Hall–Kier alpha value is -2.41. The number of aromatic nitrogens is 1. The summed E-state index contributed by atoms with van der Waals surface area (Å²) in [4.78, 5) is 18.7. The number of carbonyl (C=O) groups is 1. The van der Waals surface area contributed by atoms with Gasteiger partial charge in [-0.15, -0.1) is 0 Å². The number of nitrogens with zero attached hydrogens (tertiary/aromatic N) is 2. The first-order valence-electron chi connectivity index (χ1n) is 9.42. The molecule has 2 fully saturated rings. The minimum Gasteiger partial charge on any atom is -0.356 e. The maximum atomic E-state index is 12.8. The number of alkyl halides is 3. The zero-order chi connectivity index (χ0) is 19.9. The van der Waals surface area contributed by atoms with E-state index >= 15 is 0 Å². The molecule has 0 saturated carbocycles. The smallest absolute Gasteiger partial charge is 0.356 e. The van der Waals surface area contributed by atoms with Gasteiger partial charge >= 0.3 is 6.18 Å². The number of pyridine rings is 1. The third-order valence-corrected chi connectivity index (χ3v) is 6.17. The number of amides is 1. The van der Waals surface area contributed by atoms with Crippen molar-refractivity contribution < 1.29 is 18.0 Å². The van der Waals surface area contributed by atoms with Crippen molar-refractivity contribution in [3.8, 4) is 11.1 Å². The number of nitrogens with one attached hydrogen (secondary N) is 1. The number of benzene rings is 1. The highest BCUT2D eigenvalue weighted by Gasteiger charge is 2.47. The molecule has 7 heteroatoms. The van der Waals surface area contributed by atoms with Gasteiger partial charge in [-0.05, 0) is 61.7 Å². The van der Waals surface area contributed by atoms with Gasteiger partial charge in [0.2, 0.25) is 5.91 Å². The van der Waals surface area contributed by atoms with Gasteiger partial charge in [0.25, 0.3) is 0 Å². The molecule has 2 aromatic rings. The van der Waals surface area contributed by atoms with Gasteiger partial charge in [-0.2, -0.15) is 13.2 Å². The average Bonchev–Trinajstić information content (AvgIpc) is 2.97. The Bertz CT molecular complexity index is 881. The molecule has 2 saturated heterocycles. The molecule has 0 aliphatic carbocycles. The zero-order valence-corrected chi connectivity index (χ0v) is 15.6. The van der Waals surface area contributed by atoms with E-state index < -0.39 is 11.7 Å². The van der Waals surface area contributed by atoms with Gasteiger partial charge in [0.15, 0.2) is 0 Å². The van der Waals surface area contributed by atoms with E-state index in [4.69, 9.17) is 0 Å². The molecule has 1 spiro atoms. The fourth-order valence-electron chi connectivity index (χ4n) is 4.51. The molecule has 28 heavy (non-hydrogen) atoms. The van der Waals surface area contributed by atoms with E-state index in [0.717, 1.165) is 48.2 Å². The lowest BCUT2D eigenvalue weighted by Gasteiger charge is -2.41. The quantitative estimate of drug-likeness (QED) is 0.838. The summed E-state index contributed by atoms with van der Waals surface area (Å²) in [6.07, 6.45) is 0.633. The minimum atomic E-state index is -4.34. The monoisotopic (exact) mass is 389 g/mol. The minimum absolute atomic E-state index is 0.0882. The van der Waals surface area contributed by atoms with Gasteiger partial charge in [0.05, 0.1) is 17.3 Å². The second-order valence-electron chi connectivity index (χ2n) is 7.71. The highest BCUT2D eigenvalue weighted by atomic mass is 19.4. The highest BCUT2D eigenvalue weighted by molar-refractivity contribution is 5.78. The van der Waals surface area contributed by atoms with Crippen LogP contribution < -0.4 is 5.32 Å². The second kappa shape index (κ2) is 6.88. The molecule has 0 bridgehead atoms. The Morgan fingerprint density at radius 1 is 1.14 bits per heavy atom. The van der Waals surface area contributed by atoms with Crippen LogP contribution in [0.3, 0.4) is 0 Å². The summed E-state index contributed by atoms with van der Waals surface area (Å²) in [5.41, 5.74) is 1.68. The van der Waals surface area contributed by atoms with Crippen molar-refractivity contribution in [1.29, 1.82) is 0 Å². The Balaban J connectivity index is 1.58. The standard InChI is InChI=1S/C21H22F3N3O/c1-27-18(6-8-20(27)9-11-26-19(28)13-20)17-12-15(7-10-25-17)14-2-4-16(5-3-14)21(22,23)24/h2-5,7,10,12,18H,6,8-9,11,13H2,1H3,(H,26,28)/t18-,20?/m1/s1. The number of hydrogen-bond donors (Lipinski definition) is 1. The van der Waals surface area contributed by atoms with Crippen molar-refractivity contribution in [2.24, 2.45) is 0 Å². The molecule has 1 amide bonds. The molecule has 2 atom stereocenters. The SMILES string of the molecule is CN1[C@@H](c2cc(-c3ccc(C(F)(F)F)cc3)ccn2)CCC12CCNC(=O)C2. The molecule has 1 aromatic heterocycles. The van der Waals surface area contributed by atoms with Crippen molar-refractivity contribution >= 4 is 5.91 Å². The van der Waals surface area contributed by atoms with E-state index in [1.807, 2.05) is 19.2 Å². The van der Waals surface area contributed by atoms with Gasteiger partial charge in [-0.25, -0.2) is 0 Å². The van der Waals surface area contributed by atoms with E-state index in [0.29, 0.717) is 13.0 Å². The fraction of sp³-hybridized carbons (Fsp3) is 0.429. The summed E-state index contributed by atoms with van der Waals surface area (Å²) < 4.78 is 38.4. The molecular weight excluding hydrogens is 367 g/mol. The van der Waals surface area contributed by atoms with Crippen LogP contribution >= 0.6 is 0 Å². The maximum absolute atomic E-state index is 12.8. The lowest BCUT2D eigenvalue weighted by Crippen LogP contribution is -2.52. The van der Waals surface area contributed by atoms with Crippen LogP contribution in [0.4, 0.5) is 13.2 Å². The third kappa shape index (κ3) is 3.39. The van der Waals surface area contributed by atoms with E-state index in [-0.39, 0.29) is 17.5 Å². The molecule has 1 unspecified atom stereocenters. The second-order valence-corrected chi connectivity index (χ2v) is 7.71. The van der Waals surface area contributed by atoms with Gasteiger partial charge in [0, 0.05) is 24.7 Å². The van der Waals surface area contributed by atoms with Crippen LogP contribution in [-0.4, -0.2) is 34.9 Å². The average molecular weight is 389 g/mol. The van der Waals surface area contributed by atoms with E-state index in [1.165, 1.54) is 12.1 Å². The van der Waals surface area contributed by atoms with Crippen molar-refractivity contribution in [3.63, 3.8) is 0 Å². The number of halogens is 3. The summed E-state index contributed by atoms with van der Waals surface area (Å²) in [5.74, 6) is 0.0882. The predicted octanol–water partition coefficient (Wildman–Crippen LogP) is 4.18. The van der Waals surface area contributed by atoms with Crippen LogP contribution in [0.1, 0.15) is 43.0 Å². The molecule has 0 radical (unpaired) electrons. The third-order valence-electron chi connectivity index (χ3n) is 6.17. The summed E-state index contributed by atoms with van der Waals surface area (Å²) in [6.45, 7) is 0.689. The van der Waals surface area contributed by atoms with E-state index in [9.17, 15) is 18.0 Å². The van der Waals surface area contributed by atoms with Crippen LogP contribution in [0.15, 0.2) is 42.6 Å². The Morgan fingerprint density at radius 3 is 2.57 bits per heavy atom. The summed E-state index contributed by atoms with van der Waals surface area (Å²) in [6, 6.07) is 9.05. The number of piperidine rings is 1. The molecule has 4 nitrogen and oxygen atoms in total. The van der Waals surface area contributed by atoms with Crippen molar-refractivity contribution in [3.05, 3.63) is 53.9 Å². The molecule has 4 rings (SSSR count). The first-order valence-corrected chi connectivity index (χ1v) is 9.42. The van der Waals surface area contributed by atoms with Crippen molar-refractivity contribution in [2.45, 2.75) is 43.4 Å². The van der Waals surface area contributed by atoms with Crippen LogP contribution in [-0.2, 0) is 11.0 Å². The normalized spacial score (nSPS) is 25.9. The number of hydrogen-bond acceptors (Lipinski definition) is 3. The molecule has 2 aliphatic rings. The summed E-state index contributed by atoms with van der Waals surface area (Å²) in [5, 5.41) is 2.89. The highest BCUT2D eigenvalue weighted by Crippen LogP contribution is 2.45. The molecule has 1 N–H and O–H groups in total. The Morgan fingerprint density at radius 2 is 1.89 bits per heavy atom. The van der Waals surface area contributed by atoms with E-state index in [2.05, 4.69) is 15.2 Å². The Kier molecular flexibility index (Phi) is 4.65. The van der Waals surface area contributed by atoms with Gasteiger partial charge < -0.3 is 5.32 Å². The molecule has 3 heterocycles. The van der Waals surface area contributed by atoms with Crippen LogP contribution in [0, 0.1) is 0 Å². The maximum Gasteiger partial charge on any atom is 0.416 e. The first-order chi connectivity index (χ1) is 13.3. The van der Waals surface area contributed by atoms with Gasteiger partial charge in [-0.3, -0.25) is 14.7 Å². The fourth-order valence-corrected chi connectivity index (χ4v) is 4.51. The van der Waals surface area contributed by atoms with Gasteiger partial charge in [-0.1, -0.05) is 12.1 Å². The van der Waals surface area contributed by atoms with Crippen LogP contribution in [0.5, 0.6) is 0 Å². The van der Waals surface area contributed by atoms with Crippen LogP contribution in [0.2, 0.25) is 0 Å². The van der Waals surface area contributed by atoms with Crippen molar-refractivity contribution in [2.75, 3.05) is 13.6 Å². The number of carbonyl (C=O) groups excluding carboxylic acids is 1. The summed E-state index contributed by atoms with van der Waals surface area (Å²) >= 11 is 0. The lowest BCUT2D eigenvalue weighted by atomic mass is 9.86. The first kappa shape index (κ1) is 18.9.